The summed E-state index contributed by atoms with van der Waals surface area (Å²) in [7, 11) is 0. The number of ether oxygens (including phenoxy) is 1. The predicted octanol–water partition coefficient (Wildman–Crippen LogP) is 3.56. The van der Waals surface area contributed by atoms with Gasteiger partial charge in [0.25, 0.3) is 0 Å². The molecule has 7 nitrogen and oxygen atoms in total. The molecule has 0 spiro atoms. The number of halogens is 5. The van der Waals surface area contributed by atoms with Gasteiger partial charge >= 0.3 is 11.8 Å². The van der Waals surface area contributed by atoms with Crippen LogP contribution < -0.4 is 19.9 Å². The summed E-state index contributed by atoms with van der Waals surface area (Å²) in [5.74, 6) is -9.27. The molecule has 4 rings (SSSR count). The van der Waals surface area contributed by atoms with Crippen molar-refractivity contribution in [3.63, 3.8) is 0 Å². The number of anilines is 2. The SMILES string of the molecule is CC(=O)N[C@@H](C)c1ccc(O[C@@H]2CCN(c3nc(N4CC(F)(F)C(F)(F)C4)ncc3F)C2)cc1. The fourth-order valence-electron chi connectivity index (χ4n) is 4.06. The average Bonchev–Trinajstić information content (AvgIpc) is 3.29. The molecule has 184 valence electrons. The molecular weight excluding hydrogens is 461 g/mol. The lowest BCUT2D eigenvalue weighted by Gasteiger charge is -2.21. The minimum absolute atomic E-state index is 0.133. The van der Waals surface area contributed by atoms with Crippen molar-refractivity contribution in [3.8, 4) is 5.75 Å². The van der Waals surface area contributed by atoms with Crippen LogP contribution in [0.15, 0.2) is 30.5 Å². The Hall–Kier alpha value is -3.18. The number of hydrogen-bond acceptors (Lipinski definition) is 6. The van der Waals surface area contributed by atoms with Crippen LogP contribution in [0.5, 0.6) is 5.75 Å². The second kappa shape index (κ2) is 8.88. The highest BCUT2D eigenvalue weighted by Crippen LogP contribution is 2.42. The number of alkyl halides is 4. The smallest absolute Gasteiger partial charge is 0.329 e. The summed E-state index contributed by atoms with van der Waals surface area (Å²) in [5, 5.41) is 2.79. The molecule has 2 aliphatic heterocycles. The first-order chi connectivity index (χ1) is 15.9. The Morgan fingerprint density at radius 2 is 1.79 bits per heavy atom. The normalized spacial score (nSPS) is 22.0. The summed E-state index contributed by atoms with van der Waals surface area (Å²) in [6.07, 6.45) is 1.05. The molecule has 1 N–H and O–H groups in total. The quantitative estimate of drug-likeness (QED) is 0.631. The molecule has 2 fully saturated rings. The second-order valence-electron chi connectivity index (χ2n) is 8.57. The Morgan fingerprint density at radius 3 is 2.41 bits per heavy atom. The third kappa shape index (κ3) is 4.85. The van der Waals surface area contributed by atoms with Gasteiger partial charge in [0.05, 0.1) is 31.9 Å². The van der Waals surface area contributed by atoms with E-state index < -0.39 is 30.8 Å². The van der Waals surface area contributed by atoms with Crippen molar-refractivity contribution in [2.75, 3.05) is 36.0 Å². The Balaban J connectivity index is 1.41. The van der Waals surface area contributed by atoms with E-state index >= 15 is 0 Å². The molecule has 0 radical (unpaired) electrons. The summed E-state index contributed by atoms with van der Waals surface area (Å²) < 4.78 is 74.6. The maximum absolute atomic E-state index is 14.4. The van der Waals surface area contributed by atoms with E-state index in [0.717, 1.165) is 11.8 Å². The lowest BCUT2D eigenvalue weighted by Crippen LogP contribution is -2.38. The lowest BCUT2D eigenvalue weighted by atomic mass is 10.1. The number of carbonyl (C=O) groups excluding carboxylic acids is 1. The number of amides is 1. The van der Waals surface area contributed by atoms with E-state index in [-0.39, 0.29) is 36.4 Å². The molecule has 0 bridgehead atoms. The summed E-state index contributed by atoms with van der Waals surface area (Å²) in [5.41, 5.74) is 0.907. The largest absolute Gasteiger partial charge is 0.489 e. The highest BCUT2D eigenvalue weighted by molar-refractivity contribution is 5.73. The first-order valence-electron chi connectivity index (χ1n) is 10.8. The number of nitrogens with one attached hydrogen (secondary N) is 1. The molecule has 1 aromatic carbocycles. The number of rotatable bonds is 6. The van der Waals surface area contributed by atoms with Crippen molar-refractivity contribution >= 4 is 17.7 Å². The van der Waals surface area contributed by atoms with Crippen LogP contribution in [0.2, 0.25) is 0 Å². The average molecular weight is 485 g/mol. The van der Waals surface area contributed by atoms with Crippen LogP contribution in [-0.4, -0.2) is 60.0 Å². The third-order valence-electron chi connectivity index (χ3n) is 5.86. The number of nitrogens with zero attached hydrogens (tertiary/aromatic N) is 4. The third-order valence-corrected chi connectivity index (χ3v) is 5.86. The molecule has 0 aliphatic carbocycles. The van der Waals surface area contributed by atoms with E-state index in [1.807, 2.05) is 19.1 Å². The van der Waals surface area contributed by atoms with Crippen LogP contribution >= 0.6 is 0 Å². The van der Waals surface area contributed by atoms with E-state index in [2.05, 4.69) is 15.3 Å². The molecule has 2 aromatic rings. The molecule has 2 aliphatic rings. The monoisotopic (exact) mass is 485 g/mol. The molecule has 3 heterocycles. The van der Waals surface area contributed by atoms with Crippen LogP contribution in [0.3, 0.4) is 0 Å². The molecule has 34 heavy (non-hydrogen) atoms. The zero-order chi connectivity index (χ0) is 24.7. The first-order valence-corrected chi connectivity index (χ1v) is 10.8. The van der Waals surface area contributed by atoms with Crippen molar-refractivity contribution in [1.82, 2.24) is 15.3 Å². The van der Waals surface area contributed by atoms with Crippen LogP contribution in [0.1, 0.15) is 31.9 Å². The van der Waals surface area contributed by atoms with Gasteiger partial charge in [0, 0.05) is 19.9 Å². The standard InChI is InChI=1S/C22H24F5N5O2/c1-13(29-14(2)33)15-3-5-16(6-4-15)34-17-7-8-31(10-17)19-18(23)9-28-20(30-19)32-11-21(24,25)22(26,27)12-32/h3-6,9,13,17H,7-8,10-12H2,1-2H3,(H,29,33)/t13-,17+/m0/s1. The van der Waals surface area contributed by atoms with Gasteiger partial charge in [-0.1, -0.05) is 12.1 Å². The Bertz CT molecular complexity index is 1040. The van der Waals surface area contributed by atoms with Gasteiger partial charge in [0.1, 0.15) is 11.9 Å². The van der Waals surface area contributed by atoms with Crippen molar-refractivity contribution < 1.29 is 31.5 Å². The van der Waals surface area contributed by atoms with E-state index in [0.29, 0.717) is 23.6 Å². The molecule has 0 unspecified atom stereocenters. The second-order valence-corrected chi connectivity index (χ2v) is 8.57. The van der Waals surface area contributed by atoms with Gasteiger partial charge in [-0.3, -0.25) is 4.79 Å². The molecule has 1 amide bonds. The number of aromatic nitrogens is 2. The van der Waals surface area contributed by atoms with Gasteiger partial charge in [-0.2, -0.15) is 22.5 Å². The minimum atomic E-state index is -4.22. The van der Waals surface area contributed by atoms with E-state index in [1.54, 1.807) is 17.0 Å². The fourth-order valence-corrected chi connectivity index (χ4v) is 4.06. The molecule has 0 saturated carbocycles. The summed E-state index contributed by atoms with van der Waals surface area (Å²) in [4.78, 5) is 21.1. The van der Waals surface area contributed by atoms with Crippen LogP contribution in [0, 0.1) is 5.82 Å². The molecule has 2 atom stereocenters. The van der Waals surface area contributed by atoms with Gasteiger partial charge in [0.2, 0.25) is 11.9 Å². The summed E-state index contributed by atoms with van der Waals surface area (Å²) in [6.45, 7) is 1.46. The molecular formula is C22H24F5N5O2. The highest BCUT2D eigenvalue weighted by Gasteiger charge is 2.63. The molecule has 2 saturated heterocycles. The van der Waals surface area contributed by atoms with Crippen molar-refractivity contribution in [3.05, 3.63) is 41.8 Å². The van der Waals surface area contributed by atoms with Gasteiger partial charge in [0.15, 0.2) is 11.6 Å². The van der Waals surface area contributed by atoms with Crippen LogP contribution in [0.25, 0.3) is 0 Å². The minimum Gasteiger partial charge on any atom is -0.489 e. The predicted molar refractivity (Wildman–Crippen MR) is 114 cm³/mol. The Labute approximate surface area is 192 Å². The summed E-state index contributed by atoms with van der Waals surface area (Å²) in [6, 6.07) is 7.06. The zero-order valence-corrected chi connectivity index (χ0v) is 18.6. The van der Waals surface area contributed by atoms with E-state index in [4.69, 9.17) is 4.74 Å². The van der Waals surface area contributed by atoms with Crippen LogP contribution in [-0.2, 0) is 4.79 Å². The van der Waals surface area contributed by atoms with Gasteiger partial charge in [-0.15, -0.1) is 0 Å². The Kier molecular flexibility index (Phi) is 6.26. The van der Waals surface area contributed by atoms with Crippen molar-refractivity contribution in [2.45, 2.75) is 44.3 Å². The highest BCUT2D eigenvalue weighted by atomic mass is 19.3. The fraction of sp³-hybridized carbons (Fsp3) is 0.500. The first kappa shape index (κ1) is 24.0. The summed E-state index contributed by atoms with van der Waals surface area (Å²) >= 11 is 0. The molecule has 12 heteroatoms. The van der Waals surface area contributed by atoms with E-state index in [9.17, 15) is 26.7 Å². The topological polar surface area (TPSA) is 70.6 Å². The van der Waals surface area contributed by atoms with Gasteiger partial charge in [-0.05, 0) is 24.6 Å². The molecule has 1 aromatic heterocycles. The maximum atomic E-state index is 14.4. The number of hydrogen-bond donors (Lipinski definition) is 1. The Morgan fingerprint density at radius 1 is 1.15 bits per heavy atom. The van der Waals surface area contributed by atoms with Crippen LogP contribution in [0.4, 0.5) is 33.7 Å². The number of carbonyl (C=O) groups is 1. The number of benzene rings is 1. The van der Waals surface area contributed by atoms with Gasteiger partial charge in [-0.25, -0.2) is 9.37 Å². The lowest BCUT2D eigenvalue weighted by molar-refractivity contribution is -0.172. The van der Waals surface area contributed by atoms with Crippen molar-refractivity contribution in [2.24, 2.45) is 0 Å². The van der Waals surface area contributed by atoms with Gasteiger partial charge < -0.3 is 19.9 Å². The maximum Gasteiger partial charge on any atom is 0.329 e. The van der Waals surface area contributed by atoms with E-state index in [1.165, 1.54) is 6.92 Å². The zero-order valence-electron chi connectivity index (χ0n) is 18.6. The van der Waals surface area contributed by atoms with Crippen molar-refractivity contribution in [1.29, 1.82) is 0 Å².